The van der Waals surface area contributed by atoms with Gasteiger partial charge in [0.2, 0.25) is 0 Å². The fraction of sp³-hybridized carbons (Fsp3) is 1.00. The molecule has 4 unspecified atom stereocenters. The van der Waals surface area contributed by atoms with E-state index in [1.807, 2.05) is 76.2 Å². The molecule has 0 aliphatic heterocycles. The van der Waals surface area contributed by atoms with Gasteiger partial charge in [-0.3, -0.25) is 0 Å². The summed E-state index contributed by atoms with van der Waals surface area (Å²) in [7, 11) is 0. The molecular formula is C21H44O5. The van der Waals surface area contributed by atoms with Gasteiger partial charge in [0.05, 0.1) is 43.2 Å². The number of rotatable bonds is 14. The lowest BCUT2D eigenvalue weighted by Gasteiger charge is -2.39. The molecule has 5 heteroatoms. The minimum atomic E-state index is -0.285. The van der Waals surface area contributed by atoms with Gasteiger partial charge in [-0.25, -0.2) is 0 Å². The number of hydrogen-bond donors (Lipinski definition) is 0. The van der Waals surface area contributed by atoms with Crippen LogP contribution in [0.25, 0.3) is 0 Å². The van der Waals surface area contributed by atoms with E-state index in [0.29, 0.717) is 6.61 Å². The molecule has 0 bridgehead atoms. The van der Waals surface area contributed by atoms with Crippen LogP contribution in [0.15, 0.2) is 0 Å². The Labute approximate surface area is 162 Å². The predicted octanol–water partition coefficient (Wildman–Crippen LogP) is 4.61. The van der Waals surface area contributed by atoms with Crippen molar-refractivity contribution in [2.45, 2.75) is 131 Å². The monoisotopic (exact) mass is 376 g/mol. The topological polar surface area (TPSA) is 46.2 Å². The van der Waals surface area contributed by atoms with Gasteiger partial charge >= 0.3 is 0 Å². The quantitative estimate of drug-likeness (QED) is 0.443. The maximum absolute atomic E-state index is 6.30. The average molecular weight is 377 g/mol. The Morgan fingerprint density at radius 2 is 0.885 bits per heavy atom. The van der Waals surface area contributed by atoms with Crippen molar-refractivity contribution < 1.29 is 23.7 Å². The summed E-state index contributed by atoms with van der Waals surface area (Å²) in [6, 6.07) is 0. The first-order chi connectivity index (χ1) is 11.9. The van der Waals surface area contributed by atoms with Crippen LogP contribution < -0.4 is 0 Å². The lowest BCUT2D eigenvalue weighted by atomic mass is 10.0. The Morgan fingerprint density at radius 3 is 1.27 bits per heavy atom. The highest BCUT2D eigenvalue weighted by molar-refractivity contribution is 4.86. The zero-order chi connectivity index (χ0) is 20.4. The highest BCUT2D eigenvalue weighted by Gasteiger charge is 2.38. The van der Waals surface area contributed by atoms with E-state index in [4.69, 9.17) is 23.7 Å². The first-order valence-corrected chi connectivity index (χ1v) is 10.2. The molecule has 0 radical (unpaired) electrons. The lowest BCUT2D eigenvalue weighted by molar-refractivity contribution is -0.215. The highest BCUT2D eigenvalue weighted by Crippen LogP contribution is 2.23. The summed E-state index contributed by atoms with van der Waals surface area (Å²) in [5.41, 5.74) is 0. The molecule has 26 heavy (non-hydrogen) atoms. The molecule has 0 amide bonds. The first kappa shape index (κ1) is 25.8. The van der Waals surface area contributed by atoms with E-state index in [9.17, 15) is 0 Å². The van der Waals surface area contributed by atoms with Crippen molar-refractivity contribution in [2.75, 3.05) is 6.61 Å². The first-order valence-electron chi connectivity index (χ1n) is 10.2. The van der Waals surface area contributed by atoms with E-state index in [2.05, 4.69) is 0 Å². The van der Waals surface area contributed by atoms with Crippen molar-refractivity contribution in [1.82, 2.24) is 0 Å². The van der Waals surface area contributed by atoms with Gasteiger partial charge in [-0.05, 0) is 76.2 Å². The number of hydrogen-bond acceptors (Lipinski definition) is 5. The molecule has 0 aromatic rings. The van der Waals surface area contributed by atoms with Crippen LogP contribution in [0.1, 0.15) is 76.2 Å². The van der Waals surface area contributed by atoms with Crippen molar-refractivity contribution in [3.63, 3.8) is 0 Å². The molecular weight excluding hydrogens is 332 g/mol. The van der Waals surface area contributed by atoms with Crippen LogP contribution in [-0.4, -0.2) is 61.5 Å². The van der Waals surface area contributed by atoms with E-state index in [-0.39, 0.29) is 54.9 Å². The van der Waals surface area contributed by atoms with E-state index in [1.165, 1.54) is 0 Å². The van der Waals surface area contributed by atoms with Crippen molar-refractivity contribution in [2.24, 2.45) is 0 Å². The van der Waals surface area contributed by atoms with Gasteiger partial charge < -0.3 is 23.7 Å². The SMILES string of the molecule is CC(C)OCC(OC(C)C)C(OC(C)C)C(OC(C)C)C(C)OC(C)C. The van der Waals surface area contributed by atoms with Crippen LogP contribution in [0.2, 0.25) is 0 Å². The van der Waals surface area contributed by atoms with Crippen molar-refractivity contribution in [3.05, 3.63) is 0 Å². The summed E-state index contributed by atoms with van der Waals surface area (Å²) in [4.78, 5) is 0. The van der Waals surface area contributed by atoms with E-state index < -0.39 is 0 Å². The summed E-state index contributed by atoms with van der Waals surface area (Å²) in [5, 5.41) is 0. The molecule has 0 aliphatic rings. The third-order valence-corrected chi connectivity index (χ3v) is 3.54. The van der Waals surface area contributed by atoms with Crippen molar-refractivity contribution in [3.8, 4) is 0 Å². The summed E-state index contributed by atoms with van der Waals surface area (Å²) < 4.78 is 30.7. The largest absolute Gasteiger partial charge is 0.376 e. The minimum Gasteiger partial charge on any atom is -0.376 e. The fourth-order valence-electron chi connectivity index (χ4n) is 2.82. The molecule has 0 spiro atoms. The van der Waals surface area contributed by atoms with Crippen LogP contribution in [0, 0.1) is 0 Å². The van der Waals surface area contributed by atoms with Crippen LogP contribution in [0.3, 0.4) is 0 Å². The van der Waals surface area contributed by atoms with Gasteiger partial charge in [0.1, 0.15) is 18.3 Å². The smallest absolute Gasteiger partial charge is 0.115 e. The molecule has 0 aliphatic carbocycles. The predicted molar refractivity (Wildman–Crippen MR) is 107 cm³/mol. The molecule has 0 aromatic carbocycles. The molecule has 0 aromatic heterocycles. The molecule has 0 N–H and O–H groups in total. The van der Waals surface area contributed by atoms with Gasteiger partial charge in [-0.15, -0.1) is 0 Å². The van der Waals surface area contributed by atoms with Crippen molar-refractivity contribution in [1.29, 1.82) is 0 Å². The lowest BCUT2D eigenvalue weighted by Crippen LogP contribution is -2.53. The summed E-state index contributed by atoms with van der Waals surface area (Å²) in [6.07, 6.45) is -0.494. The van der Waals surface area contributed by atoms with E-state index in [1.54, 1.807) is 0 Å². The highest BCUT2D eigenvalue weighted by atomic mass is 16.6. The molecule has 158 valence electrons. The third kappa shape index (κ3) is 11.5. The molecule has 0 heterocycles. The third-order valence-electron chi connectivity index (χ3n) is 3.54. The van der Waals surface area contributed by atoms with Crippen LogP contribution in [0.4, 0.5) is 0 Å². The Morgan fingerprint density at radius 1 is 0.462 bits per heavy atom. The molecule has 0 saturated carbocycles. The second kappa shape index (κ2) is 13.1. The Kier molecular flexibility index (Phi) is 13.0. The van der Waals surface area contributed by atoms with Gasteiger partial charge in [0.25, 0.3) is 0 Å². The van der Waals surface area contributed by atoms with Crippen molar-refractivity contribution >= 4 is 0 Å². The van der Waals surface area contributed by atoms with Gasteiger partial charge in [0.15, 0.2) is 0 Å². The normalized spacial score (nSPS) is 17.5. The Hall–Kier alpha value is -0.200. The molecule has 0 rings (SSSR count). The second-order valence-electron chi connectivity index (χ2n) is 8.29. The summed E-state index contributed by atoms with van der Waals surface area (Å²) >= 11 is 0. The van der Waals surface area contributed by atoms with Gasteiger partial charge in [-0.1, -0.05) is 0 Å². The molecule has 5 nitrogen and oxygen atoms in total. The van der Waals surface area contributed by atoms with Crippen LogP contribution >= 0.6 is 0 Å². The van der Waals surface area contributed by atoms with Crippen LogP contribution in [-0.2, 0) is 23.7 Å². The zero-order valence-corrected chi connectivity index (χ0v) is 18.9. The maximum Gasteiger partial charge on any atom is 0.115 e. The second-order valence-corrected chi connectivity index (χ2v) is 8.29. The van der Waals surface area contributed by atoms with Crippen LogP contribution in [0.5, 0.6) is 0 Å². The summed E-state index contributed by atoms with van der Waals surface area (Å²) in [5.74, 6) is 0. The average Bonchev–Trinajstić information content (AvgIpc) is 2.45. The van der Waals surface area contributed by atoms with Gasteiger partial charge in [-0.2, -0.15) is 0 Å². The Balaban J connectivity index is 5.63. The summed E-state index contributed by atoms with van der Waals surface area (Å²) in [6.45, 7) is 22.8. The zero-order valence-electron chi connectivity index (χ0n) is 18.9. The maximum atomic E-state index is 6.30. The van der Waals surface area contributed by atoms with E-state index in [0.717, 1.165) is 0 Å². The fourth-order valence-corrected chi connectivity index (χ4v) is 2.82. The number of ether oxygens (including phenoxy) is 5. The molecule has 0 saturated heterocycles. The molecule has 4 atom stereocenters. The standard InChI is InChI=1S/C21H44O5/c1-13(2)22-12-19(24-15(5)6)21(26-17(9)10)20(25-16(7)8)18(11)23-14(3)4/h13-21H,12H2,1-11H3. The van der Waals surface area contributed by atoms with E-state index >= 15 is 0 Å². The Bertz CT molecular complexity index is 341. The van der Waals surface area contributed by atoms with Gasteiger partial charge in [0, 0.05) is 0 Å². The minimum absolute atomic E-state index is 0.0434. The molecule has 0 fully saturated rings.